The Hall–Kier alpha value is -0.900. The molecule has 14 heavy (non-hydrogen) atoms. The monoisotopic (exact) mass is 194 g/mol. The van der Waals surface area contributed by atoms with Gasteiger partial charge >= 0.3 is 0 Å². The highest BCUT2D eigenvalue weighted by atomic mass is 16.7. The van der Waals surface area contributed by atoms with Crippen LogP contribution in [0.15, 0.2) is 30.3 Å². The number of rotatable bonds is 4. The van der Waals surface area contributed by atoms with Crippen molar-refractivity contribution in [3.8, 4) is 0 Å². The molecule has 78 valence electrons. The van der Waals surface area contributed by atoms with E-state index in [2.05, 4.69) is 0 Å². The van der Waals surface area contributed by atoms with Crippen molar-refractivity contribution in [2.24, 2.45) is 5.73 Å². The summed E-state index contributed by atoms with van der Waals surface area (Å²) in [6, 6.07) is 10.0. The largest absolute Gasteiger partial charge is 0.320 e. The van der Waals surface area contributed by atoms with E-state index in [1.807, 2.05) is 44.3 Å². The van der Waals surface area contributed by atoms with Crippen LogP contribution in [0.1, 0.15) is 12.5 Å². The molecular formula is C11H18N2O. The third-order valence-electron chi connectivity index (χ3n) is 2.30. The van der Waals surface area contributed by atoms with Crippen molar-refractivity contribution in [2.75, 3.05) is 20.7 Å². The average Bonchev–Trinajstić information content (AvgIpc) is 2.18. The van der Waals surface area contributed by atoms with Gasteiger partial charge in [-0.3, -0.25) is 0 Å². The molecule has 1 rings (SSSR count). The molecule has 0 aliphatic carbocycles. The third kappa shape index (κ3) is 2.80. The van der Waals surface area contributed by atoms with Gasteiger partial charge in [0.1, 0.15) is 0 Å². The molecule has 0 aromatic heterocycles. The van der Waals surface area contributed by atoms with E-state index >= 15 is 0 Å². The van der Waals surface area contributed by atoms with Gasteiger partial charge in [0.15, 0.2) is 0 Å². The zero-order valence-electron chi connectivity index (χ0n) is 9.03. The quantitative estimate of drug-likeness (QED) is 0.735. The van der Waals surface area contributed by atoms with Crippen LogP contribution in [0.5, 0.6) is 0 Å². The Kier molecular flexibility index (Phi) is 3.63. The van der Waals surface area contributed by atoms with Gasteiger partial charge in [0, 0.05) is 13.6 Å². The molecule has 1 aromatic rings. The Morgan fingerprint density at radius 2 is 1.93 bits per heavy atom. The minimum Gasteiger partial charge on any atom is -0.320 e. The van der Waals surface area contributed by atoms with E-state index < -0.39 is 0 Å². The topological polar surface area (TPSA) is 38.5 Å². The summed E-state index contributed by atoms with van der Waals surface area (Å²) in [5.41, 5.74) is 6.92. The van der Waals surface area contributed by atoms with Crippen molar-refractivity contribution in [3.63, 3.8) is 0 Å². The smallest absolute Gasteiger partial charge is 0.0575 e. The normalized spacial score (nSPS) is 15.5. The number of benzene rings is 1. The first-order chi connectivity index (χ1) is 6.56. The summed E-state index contributed by atoms with van der Waals surface area (Å²) in [6.07, 6.45) is 0. The van der Waals surface area contributed by atoms with Gasteiger partial charge in [0.2, 0.25) is 0 Å². The molecule has 1 atom stereocenters. The first-order valence-corrected chi connectivity index (χ1v) is 4.66. The lowest BCUT2D eigenvalue weighted by atomic mass is 9.93. The summed E-state index contributed by atoms with van der Waals surface area (Å²) in [5.74, 6) is 0. The van der Waals surface area contributed by atoms with E-state index in [0.717, 1.165) is 5.56 Å². The molecule has 2 N–H and O–H groups in total. The molecular weight excluding hydrogens is 176 g/mol. The maximum Gasteiger partial charge on any atom is 0.0575 e. The Bertz CT molecular complexity index is 272. The third-order valence-corrected chi connectivity index (χ3v) is 2.30. The van der Waals surface area contributed by atoms with Crippen molar-refractivity contribution < 1.29 is 4.84 Å². The second-order valence-corrected chi connectivity index (χ2v) is 3.75. The number of nitrogens with zero attached hydrogens (tertiary/aromatic N) is 1. The SMILES string of the molecule is CON(C)CC(C)(N)c1ccccc1. The Balaban J connectivity index is 2.75. The zero-order chi connectivity index (χ0) is 10.6. The Morgan fingerprint density at radius 1 is 1.36 bits per heavy atom. The summed E-state index contributed by atoms with van der Waals surface area (Å²) in [4.78, 5) is 5.06. The first-order valence-electron chi connectivity index (χ1n) is 4.66. The van der Waals surface area contributed by atoms with Crippen LogP contribution < -0.4 is 5.73 Å². The van der Waals surface area contributed by atoms with Gasteiger partial charge < -0.3 is 10.6 Å². The molecule has 0 fully saturated rings. The molecule has 1 unspecified atom stereocenters. The Morgan fingerprint density at radius 3 is 2.43 bits per heavy atom. The lowest BCUT2D eigenvalue weighted by Gasteiger charge is -2.29. The zero-order valence-corrected chi connectivity index (χ0v) is 9.03. The number of hydroxylamine groups is 2. The van der Waals surface area contributed by atoms with Crippen LogP contribution in [-0.4, -0.2) is 25.8 Å². The van der Waals surface area contributed by atoms with Crippen LogP contribution in [0.25, 0.3) is 0 Å². The number of hydrogen-bond acceptors (Lipinski definition) is 3. The van der Waals surface area contributed by atoms with Gasteiger partial charge in [0.25, 0.3) is 0 Å². The maximum atomic E-state index is 6.19. The maximum absolute atomic E-state index is 6.19. The number of likely N-dealkylation sites (N-methyl/N-ethyl adjacent to an activating group) is 1. The van der Waals surface area contributed by atoms with E-state index in [0.29, 0.717) is 6.54 Å². The molecule has 0 amide bonds. The average molecular weight is 194 g/mol. The van der Waals surface area contributed by atoms with Crippen LogP contribution >= 0.6 is 0 Å². The molecule has 0 heterocycles. The summed E-state index contributed by atoms with van der Waals surface area (Å²) >= 11 is 0. The fraction of sp³-hybridized carbons (Fsp3) is 0.455. The van der Waals surface area contributed by atoms with Gasteiger partial charge in [-0.25, -0.2) is 0 Å². The highest BCUT2D eigenvalue weighted by Gasteiger charge is 2.22. The highest BCUT2D eigenvalue weighted by molar-refractivity contribution is 5.23. The molecule has 0 aliphatic rings. The van der Waals surface area contributed by atoms with Crippen molar-refractivity contribution in [3.05, 3.63) is 35.9 Å². The minimum atomic E-state index is -0.383. The van der Waals surface area contributed by atoms with E-state index in [4.69, 9.17) is 10.6 Å². The molecule has 0 aliphatic heterocycles. The summed E-state index contributed by atoms with van der Waals surface area (Å²) in [6.45, 7) is 2.66. The van der Waals surface area contributed by atoms with Gasteiger partial charge in [-0.2, -0.15) is 5.06 Å². The first kappa shape index (κ1) is 11.2. The molecule has 3 nitrogen and oxygen atoms in total. The van der Waals surface area contributed by atoms with Crippen molar-refractivity contribution in [1.82, 2.24) is 5.06 Å². The highest BCUT2D eigenvalue weighted by Crippen LogP contribution is 2.17. The van der Waals surface area contributed by atoms with Crippen LogP contribution in [0.4, 0.5) is 0 Å². The van der Waals surface area contributed by atoms with Crippen molar-refractivity contribution in [1.29, 1.82) is 0 Å². The Labute approximate surface area is 85.4 Å². The summed E-state index contributed by atoms with van der Waals surface area (Å²) in [5, 5.41) is 1.73. The standard InChI is InChI=1S/C11H18N2O/c1-11(12,9-13(2)14-3)10-7-5-4-6-8-10/h4-8H,9,12H2,1-3H3. The van der Waals surface area contributed by atoms with Gasteiger partial charge in [0.05, 0.1) is 12.6 Å². The summed E-state index contributed by atoms with van der Waals surface area (Å²) in [7, 11) is 3.51. The van der Waals surface area contributed by atoms with Crippen molar-refractivity contribution in [2.45, 2.75) is 12.5 Å². The van der Waals surface area contributed by atoms with Crippen LogP contribution in [-0.2, 0) is 10.4 Å². The van der Waals surface area contributed by atoms with Gasteiger partial charge in [-0.15, -0.1) is 0 Å². The molecule has 3 heteroatoms. The fourth-order valence-corrected chi connectivity index (χ4v) is 1.44. The predicted molar refractivity (Wildman–Crippen MR) is 57.6 cm³/mol. The van der Waals surface area contributed by atoms with E-state index in [1.54, 1.807) is 12.2 Å². The number of hydrogen-bond donors (Lipinski definition) is 1. The van der Waals surface area contributed by atoms with Crippen molar-refractivity contribution >= 4 is 0 Å². The second-order valence-electron chi connectivity index (χ2n) is 3.75. The number of nitrogens with two attached hydrogens (primary N) is 1. The molecule has 0 spiro atoms. The molecule has 0 bridgehead atoms. The van der Waals surface area contributed by atoms with Gasteiger partial charge in [-0.05, 0) is 12.5 Å². The van der Waals surface area contributed by atoms with Crippen LogP contribution in [0, 0.1) is 0 Å². The second kappa shape index (κ2) is 4.55. The molecule has 0 saturated heterocycles. The van der Waals surface area contributed by atoms with E-state index in [9.17, 15) is 0 Å². The fourth-order valence-electron chi connectivity index (χ4n) is 1.44. The predicted octanol–water partition coefficient (Wildman–Crippen LogP) is 1.35. The molecule has 0 saturated carbocycles. The minimum absolute atomic E-state index is 0.383. The van der Waals surface area contributed by atoms with Crippen LogP contribution in [0.2, 0.25) is 0 Å². The lowest BCUT2D eigenvalue weighted by molar-refractivity contribution is -0.120. The molecule has 1 aromatic carbocycles. The lowest BCUT2D eigenvalue weighted by Crippen LogP contribution is -2.43. The van der Waals surface area contributed by atoms with E-state index in [-0.39, 0.29) is 5.54 Å². The molecule has 0 radical (unpaired) electrons. The summed E-state index contributed by atoms with van der Waals surface area (Å²) < 4.78 is 0. The van der Waals surface area contributed by atoms with Gasteiger partial charge in [-0.1, -0.05) is 30.3 Å². The van der Waals surface area contributed by atoms with Crippen LogP contribution in [0.3, 0.4) is 0 Å². The van der Waals surface area contributed by atoms with E-state index in [1.165, 1.54) is 0 Å².